The summed E-state index contributed by atoms with van der Waals surface area (Å²) in [5.74, 6) is 1.88. The van der Waals surface area contributed by atoms with Gasteiger partial charge in [-0.05, 0) is 68.2 Å². The van der Waals surface area contributed by atoms with Crippen molar-refractivity contribution in [3.63, 3.8) is 0 Å². The zero-order chi connectivity index (χ0) is 34.8. The van der Waals surface area contributed by atoms with Gasteiger partial charge in [-0.25, -0.2) is 0 Å². The third-order valence-electron chi connectivity index (χ3n) is 9.16. The van der Waals surface area contributed by atoms with E-state index >= 15 is 0 Å². The molecule has 2 aliphatic rings. The van der Waals surface area contributed by atoms with Gasteiger partial charge in [0.05, 0.1) is 23.8 Å². The molecule has 48 heavy (non-hydrogen) atoms. The minimum atomic E-state index is -1.35. The van der Waals surface area contributed by atoms with E-state index in [1.807, 2.05) is 0 Å². The quantitative estimate of drug-likeness (QED) is 0.155. The normalized spacial score (nSPS) is 17.4. The van der Waals surface area contributed by atoms with E-state index in [1.54, 1.807) is 0 Å². The minimum Gasteiger partial charge on any atom is -0.443 e. The molecule has 0 saturated heterocycles. The first-order valence-corrected chi connectivity index (χ1v) is 19.5. The van der Waals surface area contributed by atoms with Crippen LogP contribution in [0.25, 0.3) is 22.3 Å². The van der Waals surface area contributed by atoms with Gasteiger partial charge in [0.1, 0.15) is 11.5 Å². The number of rotatable bonds is 5. The second-order valence-electron chi connectivity index (χ2n) is 17.2. The van der Waals surface area contributed by atoms with Gasteiger partial charge in [-0.15, -0.1) is 0 Å². The number of fused-ring (bicyclic) bond motifs is 6. The summed E-state index contributed by atoms with van der Waals surface area (Å²) in [6, 6.07) is 26.4. The van der Waals surface area contributed by atoms with Gasteiger partial charge in [0, 0.05) is 22.3 Å². The maximum Gasteiger partial charge on any atom is 0.265 e. The van der Waals surface area contributed by atoms with Crippen LogP contribution in [0.15, 0.2) is 72.8 Å². The van der Waals surface area contributed by atoms with Crippen molar-refractivity contribution in [1.29, 1.82) is 0 Å². The van der Waals surface area contributed by atoms with Crippen molar-refractivity contribution < 1.29 is 18.1 Å². The molecule has 0 aliphatic carbocycles. The molecule has 6 rings (SSSR count). The van der Waals surface area contributed by atoms with Gasteiger partial charge in [-0.1, -0.05) is 132 Å². The molecule has 2 unspecified atom stereocenters. The van der Waals surface area contributed by atoms with Crippen LogP contribution in [0.1, 0.15) is 105 Å². The smallest absolute Gasteiger partial charge is 0.265 e. The third kappa shape index (κ3) is 6.84. The van der Waals surface area contributed by atoms with Gasteiger partial charge in [0.2, 0.25) is 0 Å². The van der Waals surface area contributed by atoms with Crippen LogP contribution in [0.3, 0.4) is 0 Å². The molecule has 6 heteroatoms. The Morgan fingerprint density at radius 2 is 0.812 bits per heavy atom. The molecule has 0 fully saturated rings. The van der Waals surface area contributed by atoms with Crippen LogP contribution < -0.4 is 19.7 Å². The summed E-state index contributed by atoms with van der Waals surface area (Å²) >= 11 is 0. The number of hydrogen-bond acceptors (Lipinski definition) is 4. The predicted molar refractivity (Wildman–Crippen MR) is 205 cm³/mol. The van der Waals surface area contributed by atoms with Crippen LogP contribution in [0.4, 0.5) is 0 Å². The highest BCUT2D eigenvalue weighted by atomic mass is 31.2. The average molecular weight is 683 g/mol. The van der Waals surface area contributed by atoms with Gasteiger partial charge in [-0.3, -0.25) is 0 Å². The van der Waals surface area contributed by atoms with Crippen LogP contribution in [0, 0.1) is 0 Å². The van der Waals surface area contributed by atoms with Crippen molar-refractivity contribution in [2.24, 2.45) is 0 Å². The predicted octanol–water partition coefficient (Wildman–Crippen LogP) is 11.6. The Balaban J connectivity index is 1.26. The van der Waals surface area contributed by atoms with Crippen LogP contribution in [0.5, 0.6) is 11.5 Å². The number of benzene rings is 4. The van der Waals surface area contributed by atoms with E-state index in [0.29, 0.717) is 13.2 Å². The molecule has 0 saturated carbocycles. The van der Waals surface area contributed by atoms with Crippen molar-refractivity contribution >= 4 is 27.4 Å². The van der Waals surface area contributed by atoms with Gasteiger partial charge in [-0.2, -0.15) is 0 Å². The molecule has 0 aromatic heterocycles. The topological polar surface area (TPSA) is 36.9 Å². The maximum atomic E-state index is 6.83. The molecule has 254 valence electrons. The van der Waals surface area contributed by atoms with Crippen LogP contribution >= 0.6 is 16.8 Å². The fraction of sp³-hybridized carbons (Fsp3) is 0.429. The molecule has 0 radical (unpaired) electrons. The Hall–Kier alpha value is -2.74. The molecule has 2 heterocycles. The fourth-order valence-corrected chi connectivity index (χ4v) is 9.24. The summed E-state index contributed by atoms with van der Waals surface area (Å²) in [6.07, 6.45) is 0. The van der Waals surface area contributed by atoms with E-state index in [9.17, 15) is 0 Å². The molecule has 4 aromatic carbocycles. The standard InChI is InChI=1S/C42H52O4P2/c1-39(2,3)27-23-31-29-17-13-15-19-35(29)47(45-37(31)33(25-27)41(7,8)9)43-21-22-44-48-36-20-16-14-18-30(36)32-24-28(40(4,5)6)26-34(38(32)46-48)42(10,11)12/h13-20,23-26H,21-22H2,1-12H3. The summed E-state index contributed by atoms with van der Waals surface area (Å²) in [7, 11) is -2.70. The first-order valence-electron chi connectivity index (χ1n) is 17.1. The van der Waals surface area contributed by atoms with Gasteiger partial charge < -0.3 is 18.1 Å². The van der Waals surface area contributed by atoms with E-state index in [4.69, 9.17) is 18.1 Å². The highest BCUT2D eigenvalue weighted by molar-refractivity contribution is 7.57. The lowest BCUT2D eigenvalue weighted by Crippen LogP contribution is -2.24. The van der Waals surface area contributed by atoms with E-state index in [1.165, 1.54) is 33.4 Å². The fourth-order valence-electron chi connectivity index (χ4n) is 6.25. The summed E-state index contributed by atoms with van der Waals surface area (Å²) < 4.78 is 26.8. The Bertz CT molecular complexity index is 1700. The lowest BCUT2D eigenvalue weighted by atomic mass is 9.78. The largest absolute Gasteiger partial charge is 0.443 e. The molecule has 0 amide bonds. The van der Waals surface area contributed by atoms with Crippen molar-refractivity contribution in [3.05, 3.63) is 95.1 Å². The van der Waals surface area contributed by atoms with Crippen LogP contribution in [-0.2, 0) is 30.7 Å². The van der Waals surface area contributed by atoms with E-state index in [-0.39, 0.29) is 21.7 Å². The zero-order valence-electron chi connectivity index (χ0n) is 30.9. The molecule has 0 bridgehead atoms. The lowest BCUT2D eigenvalue weighted by molar-refractivity contribution is 0.224. The Morgan fingerprint density at radius 3 is 1.15 bits per heavy atom. The van der Waals surface area contributed by atoms with Crippen molar-refractivity contribution in [1.82, 2.24) is 0 Å². The Morgan fingerprint density at radius 1 is 0.458 bits per heavy atom. The highest BCUT2D eigenvalue weighted by Crippen LogP contribution is 2.56. The third-order valence-corrected chi connectivity index (χ3v) is 12.3. The second kappa shape index (κ2) is 12.5. The first kappa shape index (κ1) is 35.1. The summed E-state index contributed by atoms with van der Waals surface area (Å²) in [6.45, 7) is 28.0. The molecule has 4 aromatic rings. The Kier molecular flexibility index (Phi) is 9.17. The maximum absolute atomic E-state index is 6.83. The van der Waals surface area contributed by atoms with E-state index in [2.05, 4.69) is 156 Å². The molecule has 0 N–H and O–H groups in total. The number of hydrogen-bond donors (Lipinski definition) is 0. The van der Waals surface area contributed by atoms with Crippen LogP contribution in [-0.4, -0.2) is 13.2 Å². The van der Waals surface area contributed by atoms with Crippen molar-refractivity contribution in [2.45, 2.75) is 105 Å². The van der Waals surface area contributed by atoms with E-state index < -0.39 is 16.8 Å². The lowest BCUT2D eigenvalue weighted by Gasteiger charge is -2.35. The monoisotopic (exact) mass is 682 g/mol. The van der Waals surface area contributed by atoms with Crippen molar-refractivity contribution in [3.8, 4) is 33.8 Å². The van der Waals surface area contributed by atoms with Crippen LogP contribution in [0.2, 0.25) is 0 Å². The average Bonchev–Trinajstić information content (AvgIpc) is 3.00. The first-order chi connectivity index (χ1) is 22.3. The zero-order valence-corrected chi connectivity index (χ0v) is 32.7. The summed E-state index contributed by atoms with van der Waals surface area (Å²) in [5.41, 5.74) is 9.59. The summed E-state index contributed by atoms with van der Waals surface area (Å²) in [4.78, 5) is 0. The molecular formula is C42H52O4P2. The van der Waals surface area contributed by atoms with Gasteiger partial charge in [0.25, 0.3) is 16.8 Å². The van der Waals surface area contributed by atoms with Crippen molar-refractivity contribution in [2.75, 3.05) is 13.2 Å². The Labute approximate surface area is 291 Å². The molecule has 0 spiro atoms. The molecule has 2 atom stereocenters. The molecule has 2 aliphatic heterocycles. The van der Waals surface area contributed by atoms with Gasteiger partial charge >= 0.3 is 0 Å². The molecular weight excluding hydrogens is 630 g/mol. The van der Waals surface area contributed by atoms with Gasteiger partial charge in [0.15, 0.2) is 0 Å². The SMILES string of the molecule is CC(C)(C)c1cc2c(c(C(C)(C)C)c1)OP(OCCOP1Oc3c(cc(C(C)(C)C)cc3C(C)(C)C)-c3ccccc31)c1ccccc1-2. The highest BCUT2D eigenvalue weighted by Gasteiger charge is 2.36. The summed E-state index contributed by atoms with van der Waals surface area (Å²) in [5, 5.41) is 2.21. The second-order valence-corrected chi connectivity index (χ2v) is 20.1. The van der Waals surface area contributed by atoms with E-state index in [0.717, 1.165) is 33.2 Å². The minimum absolute atomic E-state index is 0.0185. The molecule has 4 nitrogen and oxygen atoms in total.